The first-order valence-corrected chi connectivity index (χ1v) is 6.93. The molecule has 0 aliphatic rings. The van der Waals surface area contributed by atoms with E-state index in [9.17, 15) is 0 Å². The van der Waals surface area contributed by atoms with E-state index in [1.165, 1.54) is 16.9 Å². The van der Waals surface area contributed by atoms with Gasteiger partial charge in [0.25, 0.3) is 0 Å². The van der Waals surface area contributed by atoms with Crippen molar-refractivity contribution in [1.82, 2.24) is 14.6 Å². The van der Waals surface area contributed by atoms with Gasteiger partial charge in [-0.15, -0.1) is 0 Å². The van der Waals surface area contributed by atoms with Crippen LogP contribution in [0, 0.1) is 25.2 Å². The van der Waals surface area contributed by atoms with Gasteiger partial charge < -0.3 is 4.74 Å². The highest BCUT2D eigenvalue weighted by atomic mass is 32.1. The lowest BCUT2D eigenvalue weighted by molar-refractivity contribution is 0.304. The standard InChI is InChI=1S/C14H12N4OS/c1-9-3-5-11(6-4-9)19-8-13-17-18-12(7-15)10(2)16-14(18)20-13/h3-6H,8H2,1-2H3. The summed E-state index contributed by atoms with van der Waals surface area (Å²) in [6, 6.07) is 9.98. The summed E-state index contributed by atoms with van der Waals surface area (Å²) in [7, 11) is 0. The minimum atomic E-state index is 0.376. The van der Waals surface area contributed by atoms with Crippen LogP contribution in [0.1, 0.15) is 22.0 Å². The third-order valence-corrected chi connectivity index (χ3v) is 3.79. The molecule has 6 heteroatoms. The van der Waals surface area contributed by atoms with Crippen LogP contribution in [0.15, 0.2) is 24.3 Å². The Balaban J connectivity index is 1.80. The van der Waals surface area contributed by atoms with Gasteiger partial charge in [0.2, 0.25) is 4.96 Å². The Kier molecular flexibility index (Phi) is 3.12. The maximum atomic E-state index is 9.07. The van der Waals surface area contributed by atoms with Crippen LogP contribution < -0.4 is 4.74 Å². The Morgan fingerprint density at radius 2 is 2.05 bits per heavy atom. The molecular formula is C14H12N4OS. The van der Waals surface area contributed by atoms with E-state index in [1.807, 2.05) is 38.1 Å². The van der Waals surface area contributed by atoms with Crippen molar-refractivity contribution in [2.24, 2.45) is 0 Å². The van der Waals surface area contributed by atoms with Crippen molar-refractivity contribution in [3.05, 3.63) is 46.2 Å². The van der Waals surface area contributed by atoms with Crippen LogP contribution in [0.5, 0.6) is 5.75 Å². The van der Waals surface area contributed by atoms with Crippen LogP contribution >= 0.6 is 11.3 Å². The van der Waals surface area contributed by atoms with Crippen LogP contribution in [0.3, 0.4) is 0 Å². The number of aromatic nitrogens is 3. The van der Waals surface area contributed by atoms with Crippen LogP contribution in [-0.4, -0.2) is 14.6 Å². The molecule has 0 amide bonds. The zero-order chi connectivity index (χ0) is 14.1. The van der Waals surface area contributed by atoms with Gasteiger partial charge in [-0.1, -0.05) is 29.0 Å². The fourth-order valence-electron chi connectivity index (χ4n) is 1.85. The van der Waals surface area contributed by atoms with Gasteiger partial charge >= 0.3 is 0 Å². The molecule has 0 atom stereocenters. The van der Waals surface area contributed by atoms with Gasteiger partial charge in [-0.3, -0.25) is 0 Å². The van der Waals surface area contributed by atoms with Crippen LogP contribution in [0.2, 0.25) is 0 Å². The van der Waals surface area contributed by atoms with E-state index in [-0.39, 0.29) is 0 Å². The predicted octanol–water partition coefficient (Wildman–Crippen LogP) is 2.86. The molecule has 0 radical (unpaired) electrons. The molecule has 3 rings (SSSR count). The number of fused-ring (bicyclic) bond motifs is 1. The minimum Gasteiger partial charge on any atom is -0.486 e. The highest BCUT2D eigenvalue weighted by molar-refractivity contribution is 7.16. The first kappa shape index (κ1) is 12.6. The molecule has 0 N–H and O–H groups in total. The second-order valence-corrected chi connectivity index (χ2v) is 5.49. The minimum absolute atomic E-state index is 0.376. The third-order valence-electron chi connectivity index (χ3n) is 2.91. The molecule has 0 saturated heterocycles. The summed E-state index contributed by atoms with van der Waals surface area (Å²) in [5, 5.41) is 14.2. The number of hydrogen-bond acceptors (Lipinski definition) is 5. The number of aryl methyl sites for hydroxylation is 2. The molecule has 3 aromatic rings. The highest BCUT2D eigenvalue weighted by Crippen LogP contribution is 2.20. The van der Waals surface area contributed by atoms with E-state index < -0.39 is 0 Å². The molecule has 0 aliphatic heterocycles. The van der Waals surface area contributed by atoms with Gasteiger partial charge in [0.1, 0.15) is 18.4 Å². The number of hydrogen-bond donors (Lipinski definition) is 0. The van der Waals surface area contributed by atoms with Gasteiger partial charge in [0, 0.05) is 0 Å². The number of nitriles is 1. The normalized spacial score (nSPS) is 10.7. The maximum absolute atomic E-state index is 9.07. The Bertz CT molecular complexity index is 795. The molecule has 0 bridgehead atoms. The Morgan fingerprint density at radius 3 is 2.75 bits per heavy atom. The number of imidazole rings is 1. The van der Waals surface area contributed by atoms with Gasteiger partial charge in [-0.2, -0.15) is 14.9 Å². The number of ether oxygens (including phenoxy) is 1. The summed E-state index contributed by atoms with van der Waals surface area (Å²) in [6.45, 7) is 4.22. The molecule has 2 aromatic heterocycles. The monoisotopic (exact) mass is 284 g/mol. The second-order valence-electron chi connectivity index (χ2n) is 4.45. The average Bonchev–Trinajstić information content (AvgIpc) is 2.94. The fourth-order valence-corrected chi connectivity index (χ4v) is 2.71. The van der Waals surface area contributed by atoms with Crippen molar-refractivity contribution in [2.45, 2.75) is 20.5 Å². The second kappa shape index (κ2) is 4.94. The topological polar surface area (TPSA) is 63.2 Å². The summed E-state index contributed by atoms with van der Waals surface area (Å²) < 4.78 is 7.25. The van der Waals surface area contributed by atoms with Crippen molar-refractivity contribution in [2.75, 3.05) is 0 Å². The molecule has 0 fully saturated rings. The quantitative estimate of drug-likeness (QED) is 0.742. The summed E-state index contributed by atoms with van der Waals surface area (Å²) >= 11 is 1.43. The van der Waals surface area contributed by atoms with Gasteiger partial charge in [0.05, 0.1) is 5.69 Å². The molecule has 0 saturated carbocycles. The van der Waals surface area contributed by atoms with Crippen LogP contribution in [0.4, 0.5) is 0 Å². The SMILES string of the molecule is Cc1ccc(OCc2nn3c(C#N)c(C)nc3s2)cc1. The van der Waals surface area contributed by atoms with E-state index in [0.29, 0.717) is 18.0 Å². The molecule has 0 unspecified atom stereocenters. The average molecular weight is 284 g/mol. The van der Waals surface area contributed by atoms with E-state index in [4.69, 9.17) is 10.00 Å². The van der Waals surface area contributed by atoms with E-state index in [2.05, 4.69) is 16.2 Å². The molecule has 0 aliphatic carbocycles. The Morgan fingerprint density at radius 1 is 1.30 bits per heavy atom. The molecular weight excluding hydrogens is 272 g/mol. The maximum Gasteiger partial charge on any atom is 0.213 e. The van der Waals surface area contributed by atoms with Crippen molar-refractivity contribution in [3.8, 4) is 11.8 Å². The molecule has 0 spiro atoms. The summed E-state index contributed by atoms with van der Waals surface area (Å²) in [5.41, 5.74) is 2.38. The van der Waals surface area contributed by atoms with Crippen molar-refractivity contribution in [3.63, 3.8) is 0 Å². The number of benzene rings is 1. The molecule has 5 nitrogen and oxygen atoms in total. The van der Waals surface area contributed by atoms with Crippen LogP contribution in [-0.2, 0) is 6.61 Å². The Labute approximate surface area is 120 Å². The van der Waals surface area contributed by atoms with E-state index in [0.717, 1.165) is 15.7 Å². The first-order valence-electron chi connectivity index (χ1n) is 6.12. The smallest absolute Gasteiger partial charge is 0.213 e. The van der Waals surface area contributed by atoms with Gasteiger partial charge in [-0.05, 0) is 26.0 Å². The summed E-state index contributed by atoms with van der Waals surface area (Å²) in [6.07, 6.45) is 0. The van der Waals surface area contributed by atoms with Crippen molar-refractivity contribution < 1.29 is 4.74 Å². The van der Waals surface area contributed by atoms with Gasteiger partial charge in [-0.25, -0.2) is 4.98 Å². The Hall–Kier alpha value is -2.39. The fraction of sp³-hybridized carbons (Fsp3) is 0.214. The first-order chi connectivity index (χ1) is 9.67. The predicted molar refractivity (Wildman–Crippen MR) is 75.8 cm³/mol. The van der Waals surface area contributed by atoms with E-state index in [1.54, 1.807) is 4.52 Å². The lowest BCUT2D eigenvalue weighted by Crippen LogP contribution is -1.97. The zero-order valence-corrected chi connectivity index (χ0v) is 11.9. The van der Waals surface area contributed by atoms with Crippen molar-refractivity contribution in [1.29, 1.82) is 5.26 Å². The largest absolute Gasteiger partial charge is 0.486 e. The molecule has 20 heavy (non-hydrogen) atoms. The molecule has 1 aromatic carbocycles. The number of rotatable bonds is 3. The molecule has 100 valence electrons. The third kappa shape index (κ3) is 2.24. The number of nitrogens with zero attached hydrogens (tertiary/aromatic N) is 4. The van der Waals surface area contributed by atoms with Crippen molar-refractivity contribution >= 4 is 16.3 Å². The lowest BCUT2D eigenvalue weighted by Gasteiger charge is -2.03. The van der Waals surface area contributed by atoms with Gasteiger partial charge in [0.15, 0.2) is 10.7 Å². The summed E-state index contributed by atoms with van der Waals surface area (Å²) in [4.78, 5) is 5.04. The molecule has 2 heterocycles. The highest BCUT2D eigenvalue weighted by Gasteiger charge is 2.13. The lowest BCUT2D eigenvalue weighted by atomic mass is 10.2. The van der Waals surface area contributed by atoms with E-state index >= 15 is 0 Å². The van der Waals surface area contributed by atoms with Crippen LogP contribution in [0.25, 0.3) is 4.96 Å². The zero-order valence-electron chi connectivity index (χ0n) is 11.1. The summed E-state index contributed by atoms with van der Waals surface area (Å²) in [5.74, 6) is 0.806.